The highest BCUT2D eigenvalue weighted by Crippen LogP contribution is 2.23. The molecule has 0 fully saturated rings. The SMILES string of the molecule is OCCCCNCc1nn(Cc2c(F)cccc2Cl)nc1-c1ccccc1. The van der Waals surface area contributed by atoms with Crippen LogP contribution in [0.5, 0.6) is 0 Å². The van der Waals surface area contributed by atoms with Gasteiger partial charge in [0, 0.05) is 29.3 Å². The average molecular weight is 389 g/mol. The van der Waals surface area contributed by atoms with E-state index in [1.54, 1.807) is 12.1 Å². The molecule has 0 bridgehead atoms. The van der Waals surface area contributed by atoms with Crippen LogP contribution in [0, 0.1) is 5.82 Å². The Balaban J connectivity index is 1.83. The number of hydrogen-bond acceptors (Lipinski definition) is 4. The van der Waals surface area contributed by atoms with Gasteiger partial charge in [-0.3, -0.25) is 0 Å². The fourth-order valence-electron chi connectivity index (χ4n) is 2.79. The molecule has 2 aromatic carbocycles. The number of nitrogens with zero attached hydrogens (tertiary/aromatic N) is 3. The predicted molar refractivity (Wildman–Crippen MR) is 104 cm³/mol. The van der Waals surface area contributed by atoms with Crippen molar-refractivity contribution in [1.82, 2.24) is 20.3 Å². The molecule has 0 unspecified atom stereocenters. The Morgan fingerprint density at radius 3 is 2.59 bits per heavy atom. The third-order valence-electron chi connectivity index (χ3n) is 4.19. The van der Waals surface area contributed by atoms with Gasteiger partial charge in [0.1, 0.15) is 17.2 Å². The molecule has 0 saturated heterocycles. The highest BCUT2D eigenvalue weighted by atomic mass is 35.5. The first-order chi connectivity index (χ1) is 13.2. The summed E-state index contributed by atoms with van der Waals surface area (Å²) in [5.41, 5.74) is 2.88. The van der Waals surface area contributed by atoms with Crippen LogP contribution in [-0.2, 0) is 13.1 Å². The van der Waals surface area contributed by atoms with Crippen molar-refractivity contribution in [2.24, 2.45) is 0 Å². The first-order valence-electron chi connectivity index (χ1n) is 8.93. The highest BCUT2D eigenvalue weighted by Gasteiger charge is 2.15. The smallest absolute Gasteiger partial charge is 0.129 e. The van der Waals surface area contributed by atoms with E-state index in [4.69, 9.17) is 16.7 Å². The summed E-state index contributed by atoms with van der Waals surface area (Å²) in [6.45, 7) is 1.67. The molecule has 142 valence electrons. The lowest BCUT2D eigenvalue weighted by Gasteiger charge is -2.04. The van der Waals surface area contributed by atoms with Crippen LogP contribution in [0.2, 0.25) is 5.02 Å². The van der Waals surface area contributed by atoms with E-state index in [1.807, 2.05) is 30.3 Å². The van der Waals surface area contributed by atoms with Crippen LogP contribution in [0.4, 0.5) is 4.39 Å². The van der Waals surface area contributed by atoms with Crippen molar-refractivity contribution < 1.29 is 9.50 Å². The zero-order valence-electron chi connectivity index (χ0n) is 14.9. The van der Waals surface area contributed by atoms with Crippen LogP contribution in [0.3, 0.4) is 0 Å². The topological polar surface area (TPSA) is 63.0 Å². The second-order valence-electron chi connectivity index (χ2n) is 6.20. The molecular formula is C20H22ClFN4O. The molecule has 2 N–H and O–H groups in total. The molecule has 0 atom stereocenters. The van der Waals surface area contributed by atoms with E-state index in [1.165, 1.54) is 10.9 Å². The van der Waals surface area contributed by atoms with Gasteiger partial charge in [-0.2, -0.15) is 15.0 Å². The van der Waals surface area contributed by atoms with Gasteiger partial charge in [-0.25, -0.2) is 4.39 Å². The number of hydrogen-bond donors (Lipinski definition) is 2. The van der Waals surface area contributed by atoms with Gasteiger partial charge in [-0.05, 0) is 31.5 Å². The van der Waals surface area contributed by atoms with Crippen molar-refractivity contribution in [1.29, 1.82) is 0 Å². The summed E-state index contributed by atoms with van der Waals surface area (Å²) in [5, 5.41) is 21.7. The predicted octanol–water partition coefficient (Wildman–Crippen LogP) is 3.65. The van der Waals surface area contributed by atoms with Crippen LogP contribution in [-0.4, -0.2) is 33.3 Å². The van der Waals surface area contributed by atoms with E-state index < -0.39 is 0 Å². The molecule has 3 rings (SSSR count). The first-order valence-corrected chi connectivity index (χ1v) is 9.30. The van der Waals surface area contributed by atoms with Crippen LogP contribution in [0.1, 0.15) is 24.1 Å². The number of aromatic nitrogens is 3. The van der Waals surface area contributed by atoms with Crippen LogP contribution >= 0.6 is 11.6 Å². The van der Waals surface area contributed by atoms with Gasteiger partial charge in [0.05, 0.1) is 6.54 Å². The third kappa shape index (κ3) is 5.13. The molecule has 0 aliphatic rings. The summed E-state index contributed by atoms with van der Waals surface area (Å²) in [5.74, 6) is -0.371. The number of aliphatic hydroxyl groups is 1. The Hall–Kier alpha value is -2.28. The molecule has 0 amide bonds. The first kappa shape index (κ1) is 19.5. The quantitative estimate of drug-likeness (QED) is 0.549. The number of unbranched alkanes of at least 4 members (excludes halogenated alkanes) is 1. The summed E-state index contributed by atoms with van der Waals surface area (Å²) in [6.07, 6.45) is 1.65. The van der Waals surface area contributed by atoms with E-state index in [0.717, 1.165) is 36.3 Å². The highest BCUT2D eigenvalue weighted by molar-refractivity contribution is 6.31. The van der Waals surface area contributed by atoms with Crippen molar-refractivity contribution in [3.63, 3.8) is 0 Å². The fourth-order valence-corrected chi connectivity index (χ4v) is 3.01. The number of benzene rings is 2. The monoisotopic (exact) mass is 388 g/mol. The Morgan fingerprint density at radius 2 is 1.85 bits per heavy atom. The summed E-state index contributed by atoms with van der Waals surface area (Å²) in [4.78, 5) is 1.48. The molecule has 0 aliphatic heterocycles. The standard InChI is InChI=1S/C20H22ClFN4O/c21-17-9-6-10-18(22)16(17)14-26-24-19(13-23-11-4-5-12-27)20(25-26)15-7-2-1-3-8-15/h1-3,6-10,23,27H,4-5,11-14H2. The van der Waals surface area contributed by atoms with Gasteiger partial charge in [0.25, 0.3) is 0 Å². The van der Waals surface area contributed by atoms with Gasteiger partial charge >= 0.3 is 0 Å². The number of aliphatic hydroxyl groups excluding tert-OH is 1. The average Bonchev–Trinajstić information content (AvgIpc) is 3.08. The summed E-state index contributed by atoms with van der Waals surface area (Å²) < 4.78 is 14.1. The van der Waals surface area contributed by atoms with Crippen LogP contribution in [0.15, 0.2) is 48.5 Å². The van der Waals surface area contributed by atoms with Crippen molar-refractivity contribution >= 4 is 11.6 Å². The fraction of sp³-hybridized carbons (Fsp3) is 0.300. The maximum atomic E-state index is 14.1. The van der Waals surface area contributed by atoms with E-state index in [0.29, 0.717) is 17.1 Å². The van der Waals surface area contributed by atoms with E-state index in [2.05, 4.69) is 15.5 Å². The largest absolute Gasteiger partial charge is 0.396 e. The number of rotatable bonds is 9. The summed E-state index contributed by atoms with van der Waals surface area (Å²) >= 11 is 6.13. The molecule has 27 heavy (non-hydrogen) atoms. The van der Waals surface area contributed by atoms with Crippen molar-refractivity contribution in [2.75, 3.05) is 13.2 Å². The Morgan fingerprint density at radius 1 is 1.04 bits per heavy atom. The Labute approximate surface area is 162 Å². The van der Waals surface area contributed by atoms with Crippen LogP contribution in [0.25, 0.3) is 11.3 Å². The minimum absolute atomic E-state index is 0.163. The van der Waals surface area contributed by atoms with E-state index in [-0.39, 0.29) is 19.0 Å². The molecular weight excluding hydrogens is 367 g/mol. The molecule has 0 saturated carbocycles. The van der Waals surface area contributed by atoms with Gasteiger partial charge in [-0.1, -0.05) is 48.0 Å². The number of nitrogens with one attached hydrogen (secondary N) is 1. The molecule has 1 aromatic heterocycles. The lowest BCUT2D eigenvalue weighted by atomic mass is 10.1. The van der Waals surface area contributed by atoms with E-state index >= 15 is 0 Å². The molecule has 0 aliphatic carbocycles. The minimum atomic E-state index is -0.371. The zero-order valence-corrected chi connectivity index (χ0v) is 15.7. The van der Waals surface area contributed by atoms with E-state index in [9.17, 15) is 4.39 Å². The van der Waals surface area contributed by atoms with Crippen molar-refractivity contribution in [2.45, 2.75) is 25.9 Å². The van der Waals surface area contributed by atoms with Gasteiger partial charge in [0.15, 0.2) is 0 Å². The van der Waals surface area contributed by atoms with Crippen molar-refractivity contribution in [3.05, 3.63) is 70.6 Å². The Bertz CT molecular complexity index is 849. The van der Waals surface area contributed by atoms with Crippen molar-refractivity contribution in [3.8, 4) is 11.3 Å². The molecule has 0 spiro atoms. The maximum Gasteiger partial charge on any atom is 0.129 e. The molecule has 3 aromatic rings. The van der Waals surface area contributed by atoms with Gasteiger partial charge in [-0.15, -0.1) is 0 Å². The van der Waals surface area contributed by atoms with Crippen LogP contribution < -0.4 is 5.32 Å². The second-order valence-corrected chi connectivity index (χ2v) is 6.61. The minimum Gasteiger partial charge on any atom is -0.396 e. The molecule has 5 nitrogen and oxygen atoms in total. The third-order valence-corrected chi connectivity index (χ3v) is 4.54. The summed E-state index contributed by atoms with van der Waals surface area (Å²) in [6, 6.07) is 14.4. The van der Waals surface area contributed by atoms with Gasteiger partial charge < -0.3 is 10.4 Å². The summed E-state index contributed by atoms with van der Waals surface area (Å²) in [7, 11) is 0. The molecule has 1 heterocycles. The Kier molecular flexibility index (Phi) is 6.92. The second kappa shape index (κ2) is 9.60. The van der Waals surface area contributed by atoms with Gasteiger partial charge in [0.2, 0.25) is 0 Å². The zero-order chi connectivity index (χ0) is 19.1. The lowest BCUT2D eigenvalue weighted by molar-refractivity contribution is 0.283. The molecule has 0 radical (unpaired) electrons. The molecule has 7 heteroatoms. The normalized spacial score (nSPS) is 11.1. The lowest BCUT2D eigenvalue weighted by Crippen LogP contribution is -2.16. The number of halogens is 2. The maximum absolute atomic E-state index is 14.1.